The van der Waals surface area contributed by atoms with E-state index in [-0.39, 0.29) is 30.0 Å². The Morgan fingerprint density at radius 2 is 1.89 bits per heavy atom. The highest BCUT2D eigenvalue weighted by Gasteiger charge is 2.73. The summed E-state index contributed by atoms with van der Waals surface area (Å²) in [5, 5.41) is 12.9. The van der Waals surface area contributed by atoms with Crippen LogP contribution in [-0.4, -0.2) is 64.2 Å². The monoisotopic (exact) mass is 588 g/mol. The Hall–Kier alpha value is -3.59. The number of ether oxygens (including phenoxy) is 1. The Morgan fingerprint density at radius 1 is 1.07 bits per heavy atom. The molecule has 3 aromatic rings. The molecule has 1 N–H and O–H groups in total. The van der Waals surface area contributed by atoms with Crippen molar-refractivity contribution in [3.63, 3.8) is 0 Å². The van der Waals surface area contributed by atoms with Gasteiger partial charge in [0.25, 0.3) is 5.91 Å². The van der Waals surface area contributed by atoms with Crippen LogP contribution in [0, 0.1) is 31.6 Å². The van der Waals surface area contributed by atoms with E-state index in [9.17, 15) is 9.90 Å². The van der Waals surface area contributed by atoms with Crippen LogP contribution in [0.2, 0.25) is 0 Å². The fourth-order valence-electron chi connectivity index (χ4n) is 8.86. The maximum absolute atomic E-state index is 14.0. The molecular formula is C39H44N2O3. The molecule has 44 heavy (non-hydrogen) atoms. The molecule has 2 aliphatic heterocycles. The van der Waals surface area contributed by atoms with Crippen molar-refractivity contribution >= 4 is 5.91 Å². The summed E-state index contributed by atoms with van der Waals surface area (Å²) < 4.78 is 6.90. The Bertz CT molecular complexity index is 1640. The predicted molar refractivity (Wildman–Crippen MR) is 174 cm³/mol. The van der Waals surface area contributed by atoms with Gasteiger partial charge in [-0.1, -0.05) is 68.3 Å². The number of hydrogen-bond donors (Lipinski definition) is 1. The summed E-state index contributed by atoms with van der Waals surface area (Å²) in [7, 11) is 0. The van der Waals surface area contributed by atoms with Crippen LogP contribution in [0.4, 0.5) is 0 Å². The molecule has 2 heterocycles. The largest absolute Gasteiger partial charge is 0.487 e. The van der Waals surface area contributed by atoms with Crippen LogP contribution in [0.5, 0.6) is 5.75 Å². The molecule has 0 aromatic heterocycles. The maximum Gasteiger partial charge on any atom is 0.299 e. The third kappa shape index (κ3) is 4.57. The molecule has 0 radical (unpaired) electrons. The first-order chi connectivity index (χ1) is 21.2. The standard InChI is InChI=1S/C39H44N2O3/c1-26(2)25-41(35(42)16-15-30-14-13-27(3)28(4)23-30)32-17-19-39(43)34-24-31-11-8-12-33-36(31)38(39,37(32)44-33)20-22-40(34)21-18-29-9-6-5-7-10-29/h5-14,23,26,32,34,37,43H,17-22,24-25H2,1-4H3/t32-,34-,37+,38+,39-/m1/s1. The summed E-state index contributed by atoms with van der Waals surface area (Å²) in [6.07, 6.45) is 3.64. The molecule has 5 nitrogen and oxygen atoms in total. The van der Waals surface area contributed by atoms with Gasteiger partial charge in [0.2, 0.25) is 0 Å². The SMILES string of the molecule is Cc1ccc(C#CC(=O)N(CC(C)C)[C@@H]2CC[C@@]3(O)[C@H]4Cc5cccc6c5[C@@]3(CCN4CCc3ccccc3)[C@H]2O6)cc1C. The number of piperidine rings is 1. The summed E-state index contributed by atoms with van der Waals surface area (Å²) >= 11 is 0. The van der Waals surface area contributed by atoms with Gasteiger partial charge in [0.05, 0.1) is 17.1 Å². The highest BCUT2D eigenvalue weighted by molar-refractivity contribution is 5.94. The van der Waals surface area contributed by atoms with Gasteiger partial charge >= 0.3 is 0 Å². The molecule has 2 bridgehead atoms. The van der Waals surface area contributed by atoms with Crippen molar-refractivity contribution < 1.29 is 14.6 Å². The van der Waals surface area contributed by atoms with E-state index in [4.69, 9.17) is 4.74 Å². The zero-order valence-corrected chi connectivity index (χ0v) is 26.5. The number of amides is 1. The van der Waals surface area contributed by atoms with Gasteiger partial charge < -0.3 is 14.7 Å². The lowest BCUT2D eigenvalue weighted by atomic mass is 9.48. The second kappa shape index (κ2) is 11.1. The van der Waals surface area contributed by atoms with Crippen LogP contribution in [0.15, 0.2) is 66.7 Å². The van der Waals surface area contributed by atoms with Gasteiger partial charge in [0.1, 0.15) is 11.9 Å². The predicted octanol–water partition coefficient (Wildman–Crippen LogP) is 5.61. The lowest BCUT2D eigenvalue weighted by Gasteiger charge is -2.64. The summed E-state index contributed by atoms with van der Waals surface area (Å²) in [6.45, 7) is 10.9. The number of aryl methyl sites for hydroxylation is 2. The number of rotatable bonds is 6. The molecule has 0 unspecified atom stereocenters. The second-order valence-electron chi connectivity index (χ2n) is 14.0. The van der Waals surface area contributed by atoms with Gasteiger partial charge in [0, 0.05) is 36.2 Å². The highest BCUT2D eigenvalue weighted by Crippen LogP contribution is 2.64. The van der Waals surface area contributed by atoms with Gasteiger partial charge in [-0.2, -0.15) is 0 Å². The number of hydrogen-bond acceptors (Lipinski definition) is 4. The zero-order chi connectivity index (χ0) is 30.6. The van der Waals surface area contributed by atoms with Crippen LogP contribution in [0.1, 0.15) is 66.5 Å². The smallest absolute Gasteiger partial charge is 0.299 e. The molecule has 1 saturated heterocycles. The van der Waals surface area contributed by atoms with Gasteiger partial charge in [-0.15, -0.1) is 0 Å². The molecule has 1 saturated carbocycles. The second-order valence-corrected chi connectivity index (χ2v) is 14.0. The number of nitrogens with zero attached hydrogens (tertiary/aromatic N) is 2. The Balaban J connectivity index is 1.23. The van der Waals surface area contributed by atoms with E-state index in [1.807, 2.05) is 17.0 Å². The molecule has 7 rings (SSSR count). The maximum atomic E-state index is 14.0. The molecule has 228 valence electrons. The fraction of sp³-hybridized carbons (Fsp3) is 0.462. The summed E-state index contributed by atoms with van der Waals surface area (Å²) in [6, 6.07) is 23.0. The molecule has 5 heteroatoms. The first kappa shape index (κ1) is 29.1. The lowest BCUT2D eigenvalue weighted by molar-refractivity contribution is -0.200. The van der Waals surface area contributed by atoms with E-state index in [1.165, 1.54) is 27.8 Å². The summed E-state index contributed by atoms with van der Waals surface area (Å²) in [5.41, 5.74) is 5.61. The van der Waals surface area contributed by atoms with Crippen LogP contribution < -0.4 is 4.74 Å². The molecule has 3 aromatic carbocycles. The topological polar surface area (TPSA) is 53.0 Å². The molecule has 4 aliphatic rings. The van der Waals surface area contributed by atoms with E-state index in [0.29, 0.717) is 19.4 Å². The molecule has 1 amide bonds. The summed E-state index contributed by atoms with van der Waals surface area (Å²) in [5.74, 6) is 7.17. The van der Waals surface area contributed by atoms with Crippen LogP contribution in [0.25, 0.3) is 0 Å². The van der Waals surface area contributed by atoms with Crippen LogP contribution in [0.3, 0.4) is 0 Å². The van der Waals surface area contributed by atoms with E-state index in [1.54, 1.807) is 0 Å². The Labute approximate surface area is 262 Å². The van der Waals surface area contributed by atoms with E-state index < -0.39 is 11.0 Å². The average molecular weight is 589 g/mol. The first-order valence-electron chi connectivity index (χ1n) is 16.4. The quantitative estimate of drug-likeness (QED) is 0.381. The zero-order valence-electron chi connectivity index (χ0n) is 26.5. The van der Waals surface area contributed by atoms with Crippen LogP contribution >= 0.6 is 0 Å². The third-order valence-electron chi connectivity index (χ3n) is 11.0. The van der Waals surface area contributed by atoms with Crippen molar-refractivity contribution in [3.05, 3.63) is 100 Å². The minimum atomic E-state index is -0.916. The third-order valence-corrected chi connectivity index (χ3v) is 11.0. The van der Waals surface area contributed by atoms with Gasteiger partial charge in [0.15, 0.2) is 0 Å². The molecule has 1 spiro atoms. The van der Waals surface area contributed by atoms with Crippen molar-refractivity contribution in [1.82, 2.24) is 9.80 Å². The highest BCUT2D eigenvalue weighted by atomic mass is 16.5. The molecule has 5 atom stereocenters. The number of benzene rings is 3. The normalized spacial score (nSPS) is 28.1. The van der Waals surface area contributed by atoms with E-state index in [0.717, 1.165) is 43.7 Å². The van der Waals surface area contributed by atoms with Crippen molar-refractivity contribution in [2.75, 3.05) is 19.6 Å². The number of likely N-dealkylation sites (tertiary alicyclic amines) is 1. The molecular weight excluding hydrogens is 544 g/mol. The van der Waals surface area contributed by atoms with Gasteiger partial charge in [-0.25, -0.2) is 0 Å². The molecule has 2 aliphatic carbocycles. The number of carbonyl (C=O) groups is 1. The minimum Gasteiger partial charge on any atom is -0.487 e. The lowest BCUT2D eigenvalue weighted by Crippen LogP contribution is -2.78. The van der Waals surface area contributed by atoms with Gasteiger partial charge in [-0.3, -0.25) is 9.69 Å². The van der Waals surface area contributed by atoms with Crippen molar-refractivity contribution in [3.8, 4) is 17.6 Å². The fourth-order valence-corrected chi connectivity index (χ4v) is 8.86. The van der Waals surface area contributed by atoms with Crippen molar-refractivity contribution in [1.29, 1.82) is 0 Å². The summed E-state index contributed by atoms with van der Waals surface area (Å²) in [4.78, 5) is 18.5. The van der Waals surface area contributed by atoms with Crippen molar-refractivity contribution in [2.45, 2.75) is 89.0 Å². The number of carbonyl (C=O) groups excluding carboxylic acids is 1. The van der Waals surface area contributed by atoms with E-state index in [2.05, 4.69) is 99.0 Å². The van der Waals surface area contributed by atoms with Gasteiger partial charge in [-0.05, 0) is 98.9 Å². The van der Waals surface area contributed by atoms with E-state index >= 15 is 0 Å². The number of aliphatic hydroxyl groups is 1. The first-order valence-corrected chi connectivity index (χ1v) is 16.4. The Kier molecular flexibility index (Phi) is 7.34. The minimum absolute atomic E-state index is 0.0201. The molecule has 2 fully saturated rings. The van der Waals surface area contributed by atoms with Crippen molar-refractivity contribution in [2.24, 2.45) is 5.92 Å². The average Bonchev–Trinajstić information content (AvgIpc) is 3.35. The Morgan fingerprint density at radius 3 is 2.66 bits per heavy atom. The van der Waals surface area contributed by atoms with Crippen LogP contribution in [-0.2, 0) is 23.1 Å².